The van der Waals surface area contributed by atoms with Crippen LogP contribution in [-0.4, -0.2) is 34.9 Å². The van der Waals surface area contributed by atoms with Crippen molar-refractivity contribution >= 4 is 28.8 Å². The Bertz CT molecular complexity index is 1200. The molecule has 0 aliphatic carbocycles. The molecule has 0 bridgehead atoms. The first-order valence-electron chi connectivity index (χ1n) is 12.4. The first-order valence-corrected chi connectivity index (χ1v) is 13.7. The van der Waals surface area contributed by atoms with Crippen LogP contribution >= 0.6 is 22.9 Å². The maximum atomic E-state index is 13.0. The Kier molecular flexibility index (Phi) is 9.96. The number of carbonyl (C=O) groups excluding carboxylic acids is 1. The minimum absolute atomic E-state index is 0.0133. The standard InChI is InChI=1S/C30H36ClNO4S/c1-7-30(6,34)28(36-20(4)5)16-21-10-12-24(27-9-8-14-37-27)22(15-21)18-32-29(33)25-13-11-23(17-26(25)31)35-19(2)3/h7-15,17,19-20,28,34H,1,16,18H2,2-6H3,(H,32,33). The lowest BCUT2D eigenvalue weighted by atomic mass is 9.91. The molecule has 0 radical (unpaired) electrons. The summed E-state index contributed by atoms with van der Waals surface area (Å²) in [5, 5.41) is 16.2. The van der Waals surface area contributed by atoms with E-state index in [0.29, 0.717) is 29.3 Å². The molecule has 0 saturated heterocycles. The molecule has 0 aliphatic heterocycles. The second-order valence-electron chi connectivity index (χ2n) is 9.77. The minimum atomic E-state index is -1.19. The van der Waals surface area contributed by atoms with Crippen molar-refractivity contribution in [3.05, 3.63) is 88.3 Å². The van der Waals surface area contributed by atoms with E-state index in [1.165, 1.54) is 6.08 Å². The van der Waals surface area contributed by atoms with Gasteiger partial charge in [0.1, 0.15) is 11.4 Å². The molecular formula is C30H36ClNO4S. The highest BCUT2D eigenvalue weighted by atomic mass is 35.5. The zero-order valence-corrected chi connectivity index (χ0v) is 23.7. The van der Waals surface area contributed by atoms with Gasteiger partial charge in [-0.1, -0.05) is 41.9 Å². The van der Waals surface area contributed by atoms with Crippen LogP contribution in [0.15, 0.2) is 66.6 Å². The fraction of sp³-hybridized carbons (Fsp3) is 0.367. The Hall–Kier alpha value is -2.64. The molecule has 0 spiro atoms. The smallest absolute Gasteiger partial charge is 0.253 e. The number of amides is 1. The van der Waals surface area contributed by atoms with Gasteiger partial charge in [0.25, 0.3) is 5.91 Å². The quantitative estimate of drug-likeness (QED) is 0.241. The maximum absolute atomic E-state index is 13.0. The van der Waals surface area contributed by atoms with Crippen LogP contribution in [0.4, 0.5) is 0 Å². The molecule has 2 atom stereocenters. The molecule has 2 N–H and O–H groups in total. The number of hydrogen-bond donors (Lipinski definition) is 2. The van der Waals surface area contributed by atoms with Crippen LogP contribution in [0, 0.1) is 0 Å². The lowest BCUT2D eigenvalue weighted by Crippen LogP contribution is -2.42. The fourth-order valence-electron chi connectivity index (χ4n) is 3.96. The van der Waals surface area contributed by atoms with Crippen LogP contribution in [0.1, 0.15) is 56.1 Å². The van der Waals surface area contributed by atoms with Gasteiger partial charge in [-0.15, -0.1) is 17.9 Å². The van der Waals surface area contributed by atoms with E-state index in [1.54, 1.807) is 36.5 Å². The Morgan fingerprint density at radius 1 is 1.16 bits per heavy atom. The monoisotopic (exact) mass is 541 g/mol. The molecular weight excluding hydrogens is 506 g/mol. The first-order chi connectivity index (χ1) is 17.5. The number of rotatable bonds is 12. The molecule has 3 rings (SSSR count). The summed E-state index contributed by atoms with van der Waals surface area (Å²) >= 11 is 8.04. The summed E-state index contributed by atoms with van der Waals surface area (Å²) in [6.07, 6.45) is 1.50. The Morgan fingerprint density at radius 2 is 1.92 bits per heavy atom. The van der Waals surface area contributed by atoms with E-state index in [2.05, 4.69) is 30.1 Å². The van der Waals surface area contributed by atoms with E-state index in [1.807, 2.05) is 45.2 Å². The van der Waals surface area contributed by atoms with E-state index in [0.717, 1.165) is 21.6 Å². The van der Waals surface area contributed by atoms with Gasteiger partial charge in [0, 0.05) is 17.8 Å². The number of hydrogen-bond acceptors (Lipinski definition) is 5. The van der Waals surface area contributed by atoms with Gasteiger partial charge in [0.15, 0.2) is 0 Å². The topological polar surface area (TPSA) is 67.8 Å². The van der Waals surface area contributed by atoms with Crippen LogP contribution in [0.25, 0.3) is 10.4 Å². The van der Waals surface area contributed by atoms with Gasteiger partial charge in [-0.3, -0.25) is 4.79 Å². The third-order valence-electron chi connectivity index (χ3n) is 5.88. The van der Waals surface area contributed by atoms with E-state index in [4.69, 9.17) is 21.1 Å². The predicted molar refractivity (Wildman–Crippen MR) is 153 cm³/mol. The average Bonchev–Trinajstić information content (AvgIpc) is 3.36. The van der Waals surface area contributed by atoms with Crippen LogP contribution in [0.3, 0.4) is 0 Å². The summed E-state index contributed by atoms with van der Waals surface area (Å²) in [5.74, 6) is 0.358. The highest BCUT2D eigenvalue weighted by Crippen LogP contribution is 2.31. The van der Waals surface area contributed by atoms with Gasteiger partial charge in [-0.2, -0.15) is 0 Å². The summed E-state index contributed by atoms with van der Waals surface area (Å²) in [5.41, 5.74) is 2.20. The van der Waals surface area contributed by atoms with Crippen molar-refractivity contribution in [2.45, 2.75) is 71.5 Å². The number of benzene rings is 2. The largest absolute Gasteiger partial charge is 0.491 e. The van der Waals surface area contributed by atoms with Crippen molar-refractivity contribution in [3.63, 3.8) is 0 Å². The number of thiophene rings is 1. The van der Waals surface area contributed by atoms with Gasteiger partial charge < -0.3 is 19.9 Å². The van der Waals surface area contributed by atoms with E-state index in [9.17, 15) is 9.90 Å². The molecule has 2 aromatic carbocycles. The van der Waals surface area contributed by atoms with Crippen LogP contribution < -0.4 is 10.1 Å². The number of ether oxygens (including phenoxy) is 2. The van der Waals surface area contributed by atoms with Gasteiger partial charge in [-0.05, 0) is 81.0 Å². The minimum Gasteiger partial charge on any atom is -0.491 e. The number of halogens is 1. The Morgan fingerprint density at radius 3 is 2.51 bits per heavy atom. The zero-order chi connectivity index (χ0) is 27.2. The summed E-state index contributed by atoms with van der Waals surface area (Å²) in [7, 11) is 0. The molecule has 1 aromatic heterocycles. The normalized spacial score (nSPS) is 13.9. The molecule has 0 saturated carbocycles. The number of carbonyl (C=O) groups is 1. The van der Waals surface area contributed by atoms with Crippen LogP contribution in [0.5, 0.6) is 5.75 Å². The van der Waals surface area contributed by atoms with Crippen molar-refractivity contribution < 1.29 is 19.4 Å². The first kappa shape index (κ1) is 28.9. The third kappa shape index (κ3) is 7.92. The lowest BCUT2D eigenvalue weighted by Gasteiger charge is -2.32. The van der Waals surface area contributed by atoms with E-state index >= 15 is 0 Å². The van der Waals surface area contributed by atoms with Gasteiger partial charge in [0.2, 0.25) is 0 Å². The highest BCUT2D eigenvalue weighted by molar-refractivity contribution is 7.13. The Balaban J connectivity index is 1.85. The molecule has 37 heavy (non-hydrogen) atoms. The second-order valence-corrected chi connectivity index (χ2v) is 11.1. The average molecular weight is 542 g/mol. The van der Waals surface area contributed by atoms with Crippen molar-refractivity contribution in [3.8, 4) is 16.2 Å². The number of aliphatic hydroxyl groups is 1. The molecule has 1 amide bonds. The number of nitrogens with one attached hydrogen (secondary N) is 1. The Labute approximate surface area is 229 Å². The molecule has 1 heterocycles. The lowest BCUT2D eigenvalue weighted by molar-refractivity contribution is -0.0934. The molecule has 198 valence electrons. The molecule has 2 unspecified atom stereocenters. The molecule has 7 heteroatoms. The van der Waals surface area contributed by atoms with Crippen molar-refractivity contribution in [2.75, 3.05) is 0 Å². The summed E-state index contributed by atoms with van der Waals surface area (Å²) in [6, 6.07) is 15.3. The SMILES string of the molecule is C=CC(C)(O)C(Cc1ccc(-c2cccs2)c(CNC(=O)c2ccc(OC(C)C)cc2Cl)c1)OC(C)C. The molecule has 0 aliphatic rings. The van der Waals surface area contributed by atoms with Crippen LogP contribution in [-0.2, 0) is 17.7 Å². The van der Waals surface area contributed by atoms with Crippen LogP contribution in [0.2, 0.25) is 5.02 Å². The summed E-state index contributed by atoms with van der Waals surface area (Å²) in [4.78, 5) is 14.1. The fourth-order valence-corrected chi connectivity index (χ4v) is 5.00. The van der Waals surface area contributed by atoms with E-state index in [-0.39, 0.29) is 18.1 Å². The van der Waals surface area contributed by atoms with Crippen molar-refractivity contribution in [2.24, 2.45) is 0 Å². The maximum Gasteiger partial charge on any atom is 0.253 e. The summed E-state index contributed by atoms with van der Waals surface area (Å²) < 4.78 is 11.7. The van der Waals surface area contributed by atoms with Gasteiger partial charge in [0.05, 0.1) is 28.9 Å². The second kappa shape index (κ2) is 12.7. The van der Waals surface area contributed by atoms with Crippen molar-refractivity contribution in [1.29, 1.82) is 0 Å². The van der Waals surface area contributed by atoms with Gasteiger partial charge in [-0.25, -0.2) is 0 Å². The van der Waals surface area contributed by atoms with E-state index < -0.39 is 11.7 Å². The molecule has 0 fully saturated rings. The molecule has 3 aromatic rings. The predicted octanol–water partition coefficient (Wildman–Crippen LogP) is 7.06. The highest BCUT2D eigenvalue weighted by Gasteiger charge is 2.31. The molecule has 5 nitrogen and oxygen atoms in total. The zero-order valence-electron chi connectivity index (χ0n) is 22.1. The van der Waals surface area contributed by atoms with Gasteiger partial charge >= 0.3 is 0 Å². The third-order valence-corrected chi connectivity index (χ3v) is 7.09. The summed E-state index contributed by atoms with van der Waals surface area (Å²) in [6.45, 7) is 13.6. The van der Waals surface area contributed by atoms with Crippen molar-refractivity contribution in [1.82, 2.24) is 5.32 Å².